The van der Waals surface area contributed by atoms with Crippen LogP contribution in [-0.4, -0.2) is 26.6 Å². The number of anilines is 2. The molecule has 0 aliphatic carbocycles. The summed E-state index contributed by atoms with van der Waals surface area (Å²) in [7, 11) is 1.87. The zero-order valence-electron chi connectivity index (χ0n) is 20.1. The number of hydrogen-bond acceptors (Lipinski definition) is 5. The van der Waals surface area contributed by atoms with Crippen LogP contribution in [-0.2, 0) is 12.7 Å². The fraction of sp³-hybridized carbons (Fsp3) is 0.222. The van der Waals surface area contributed by atoms with E-state index in [1.54, 1.807) is 12.4 Å². The van der Waals surface area contributed by atoms with Crippen molar-refractivity contribution < 1.29 is 13.2 Å². The van der Waals surface area contributed by atoms with Crippen molar-refractivity contribution in [1.82, 2.24) is 19.6 Å². The van der Waals surface area contributed by atoms with Crippen LogP contribution in [0.3, 0.4) is 0 Å². The molecule has 3 aromatic heterocycles. The third-order valence-electron chi connectivity index (χ3n) is 6.20. The Labute approximate surface area is 206 Å². The fourth-order valence-electron chi connectivity index (χ4n) is 4.30. The van der Waals surface area contributed by atoms with E-state index in [1.807, 2.05) is 63.4 Å². The van der Waals surface area contributed by atoms with E-state index in [0.29, 0.717) is 5.56 Å². The summed E-state index contributed by atoms with van der Waals surface area (Å²) < 4.78 is 42.4. The molecule has 0 saturated carbocycles. The van der Waals surface area contributed by atoms with Crippen LogP contribution in [0.5, 0.6) is 0 Å². The zero-order chi connectivity index (χ0) is 25.4. The summed E-state index contributed by atoms with van der Waals surface area (Å²) in [5, 5.41) is 12.7. The van der Waals surface area contributed by atoms with Crippen molar-refractivity contribution >= 4 is 27.9 Å². The Balaban J connectivity index is 1.56. The van der Waals surface area contributed by atoms with Gasteiger partial charge in [0.1, 0.15) is 5.82 Å². The second kappa shape index (κ2) is 9.14. The van der Waals surface area contributed by atoms with Crippen LogP contribution >= 0.6 is 0 Å². The normalized spacial score (nSPS) is 12.0. The Morgan fingerprint density at radius 3 is 2.58 bits per heavy atom. The van der Waals surface area contributed by atoms with Crippen molar-refractivity contribution in [3.05, 3.63) is 83.8 Å². The molecule has 5 rings (SSSR count). The smallest absolute Gasteiger partial charge is 0.388 e. The maximum absolute atomic E-state index is 13.7. The number of rotatable bonds is 6. The molecule has 2 aromatic carbocycles. The van der Waals surface area contributed by atoms with Gasteiger partial charge in [-0.3, -0.25) is 4.98 Å². The van der Waals surface area contributed by atoms with Gasteiger partial charge in [0.15, 0.2) is 11.3 Å². The van der Waals surface area contributed by atoms with E-state index in [0.717, 1.165) is 39.3 Å². The molecule has 0 unspecified atom stereocenters. The Hall–Kier alpha value is -4.14. The highest BCUT2D eigenvalue weighted by Crippen LogP contribution is 2.33. The number of pyridine rings is 1. The average Bonchev–Trinajstić information content (AvgIpc) is 3.31. The van der Waals surface area contributed by atoms with E-state index in [4.69, 9.17) is 0 Å². The van der Waals surface area contributed by atoms with Gasteiger partial charge in [0.25, 0.3) is 0 Å². The van der Waals surface area contributed by atoms with Crippen molar-refractivity contribution in [3.8, 4) is 11.3 Å². The van der Waals surface area contributed by atoms with E-state index in [9.17, 15) is 13.2 Å². The summed E-state index contributed by atoms with van der Waals surface area (Å²) in [6, 6.07) is 16.8. The lowest BCUT2D eigenvalue weighted by Gasteiger charge is -2.15. The molecule has 184 valence electrons. The van der Waals surface area contributed by atoms with Gasteiger partial charge in [0.05, 0.1) is 11.9 Å². The van der Waals surface area contributed by atoms with Crippen LogP contribution < -0.4 is 10.6 Å². The molecule has 0 fully saturated rings. The maximum atomic E-state index is 13.7. The van der Waals surface area contributed by atoms with Crippen molar-refractivity contribution in [2.24, 2.45) is 0 Å². The fourth-order valence-corrected chi connectivity index (χ4v) is 4.30. The first-order valence-electron chi connectivity index (χ1n) is 11.6. The highest BCUT2D eigenvalue weighted by Gasteiger charge is 2.34. The second-order valence-electron chi connectivity index (χ2n) is 8.87. The van der Waals surface area contributed by atoms with Crippen LogP contribution in [0.15, 0.2) is 67.0 Å². The third kappa shape index (κ3) is 4.32. The number of nitrogens with zero attached hydrogens (tertiary/aromatic N) is 4. The lowest BCUT2D eigenvalue weighted by Crippen LogP contribution is -2.14. The molecule has 0 spiro atoms. The molecule has 0 aliphatic heterocycles. The van der Waals surface area contributed by atoms with E-state index in [-0.39, 0.29) is 23.9 Å². The molecule has 36 heavy (non-hydrogen) atoms. The summed E-state index contributed by atoms with van der Waals surface area (Å²) in [4.78, 5) is 8.52. The monoisotopic (exact) mass is 490 g/mol. The van der Waals surface area contributed by atoms with Crippen molar-refractivity contribution in [3.63, 3.8) is 0 Å². The van der Waals surface area contributed by atoms with Crippen molar-refractivity contribution in [2.75, 3.05) is 17.7 Å². The summed E-state index contributed by atoms with van der Waals surface area (Å²) >= 11 is 0. The molecular formula is C27H25F3N6. The number of aromatic nitrogens is 4. The quantitative estimate of drug-likeness (QED) is 0.276. The number of fused-ring (bicyclic) bond motifs is 2. The summed E-state index contributed by atoms with van der Waals surface area (Å²) in [6.07, 6.45) is -1.24. The van der Waals surface area contributed by atoms with Crippen LogP contribution in [0.25, 0.3) is 27.7 Å². The molecule has 6 nitrogen and oxygen atoms in total. The third-order valence-corrected chi connectivity index (χ3v) is 6.20. The molecule has 0 saturated heterocycles. The predicted molar refractivity (Wildman–Crippen MR) is 136 cm³/mol. The van der Waals surface area contributed by atoms with Gasteiger partial charge >= 0.3 is 6.18 Å². The molecule has 0 atom stereocenters. The van der Waals surface area contributed by atoms with Crippen LogP contribution in [0.2, 0.25) is 0 Å². The highest BCUT2D eigenvalue weighted by molar-refractivity contribution is 5.96. The topological polar surface area (TPSA) is 67.1 Å². The molecule has 3 heterocycles. The summed E-state index contributed by atoms with van der Waals surface area (Å²) in [6.45, 7) is 4.08. The van der Waals surface area contributed by atoms with E-state index in [1.165, 1.54) is 4.52 Å². The molecule has 9 heteroatoms. The van der Waals surface area contributed by atoms with E-state index in [2.05, 4.69) is 31.8 Å². The molecular weight excluding hydrogens is 465 g/mol. The minimum absolute atomic E-state index is 0.0204. The molecule has 0 amide bonds. The van der Waals surface area contributed by atoms with Crippen LogP contribution in [0.1, 0.15) is 36.6 Å². The van der Waals surface area contributed by atoms with Gasteiger partial charge in [0, 0.05) is 48.1 Å². The minimum Gasteiger partial charge on any atom is -0.388 e. The number of hydrogen-bond donors (Lipinski definition) is 2. The molecule has 2 N–H and O–H groups in total. The zero-order valence-corrected chi connectivity index (χ0v) is 20.1. The average molecular weight is 491 g/mol. The van der Waals surface area contributed by atoms with Crippen LogP contribution in [0.4, 0.5) is 24.7 Å². The highest BCUT2D eigenvalue weighted by atomic mass is 19.4. The molecule has 0 aliphatic rings. The lowest BCUT2D eigenvalue weighted by atomic mass is 9.99. The standard InChI is InChI=1S/C27H25F3N6/c1-16(2)22-15-34-36-24(13-23(27(28,29)30)35-26(22)36)33-14-18-6-4-5-7-20(18)25-21-9-8-19(31-3)12-17(21)10-11-32-25/h4-13,15-16,31,33H,14H2,1-3H3. The number of halogens is 3. The Kier molecular flexibility index (Phi) is 5.99. The van der Waals surface area contributed by atoms with Crippen molar-refractivity contribution in [1.29, 1.82) is 0 Å². The second-order valence-corrected chi connectivity index (χ2v) is 8.87. The Bertz CT molecular complexity index is 1560. The Morgan fingerprint density at radius 1 is 1.03 bits per heavy atom. The van der Waals surface area contributed by atoms with Gasteiger partial charge in [0.2, 0.25) is 0 Å². The molecule has 5 aromatic rings. The van der Waals surface area contributed by atoms with Gasteiger partial charge in [-0.05, 0) is 35.1 Å². The summed E-state index contributed by atoms with van der Waals surface area (Å²) in [5.74, 6) is 0.200. The molecule has 0 radical (unpaired) electrons. The van der Waals surface area contributed by atoms with E-state index < -0.39 is 11.9 Å². The number of benzene rings is 2. The minimum atomic E-state index is -4.58. The maximum Gasteiger partial charge on any atom is 0.433 e. The van der Waals surface area contributed by atoms with Gasteiger partial charge < -0.3 is 10.6 Å². The number of nitrogens with one attached hydrogen (secondary N) is 2. The first-order chi connectivity index (χ1) is 17.3. The van der Waals surface area contributed by atoms with Crippen LogP contribution in [0, 0.1) is 0 Å². The largest absolute Gasteiger partial charge is 0.433 e. The van der Waals surface area contributed by atoms with Gasteiger partial charge in [-0.1, -0.05) is 44.2 Å². The summed E-state index contributed by atoms with van der Waals surface area (Å²) in [5.41, 5.74) is 3.50. The van der Waals surface area contributed by atoms with Gasteiger partial charge in [-0.2, -0.15) is 22.8 Å². The Morgan fingerprint density at radius 2 is 1.83 bits per heavy atom. The first-order valence-corrected chi connectivity index (χ1v) is 11.6. The SMILES string of the molecule is CNc1ccc2c(-c3ccccc3CNc3cc(C(F)(F)F)nc4c(C(C)C)cnn34)nccc2c1. The van der Waals surface area contributed by atoms with Gasteiger partial charge in [-0.15, -0.1) is 0 Å². The molecule has 0 bridgehead atoms. The van der Waals surface area contributed by atoms with Gasteiger partial charge in [-0.25, -0.2) is 4.98 Å². The van der Waals surface area contributed by atoms with Crippen molar-refractivity contribution in [2.45, 2.75) is 32.5 Å². The first kappa shape index (κ1) is 23.6. The predicted octanol–water partition coefficient (Wildman–Crippen LogP) is 6.74. The van der Waals surface area contributed by atoms with E-state index >= 15 is 0 Å². The lowest BCUT2D eigenvalue weighted by molar-refractivity contribution is -0.141. The number of alkyl halides is 3.